The van der Waals surface area contributed by atoms with E-state index in [1.807, 2.05) is 6.07 Å². The molecule has 1 saturated carbocycles. The van der Waals surface area contributed by atoms with E-state index in [0.29, 0.717) is 5.56 Å². The molecule has 2 rings (SSSR count). The average Bonchev–Trinajstić information content (AvgIpc) is 3.11. The summed E-state index contributed by atoms with van der Waals surface area (Å²) in [7, 11) is 1.41. The lowest BCUT2D eigenvalue weighted by Gasteiger charge is -2.12. The normalized spacial score (nSPS) is 15.5. The Morgan fingerprint density at radius 2 is 2.24 bits per heavy atom. The van der Waals surface area contributed by atoms with Crippen LogP contribution in [0.2, 0.25) is 0 Å². The molecule has 0 spiro atoms. The molecule has 1 N–H and O–H groups in total. The van der Waals surface area contributed by atoms with Crippen molar-refractivity contribution >= 4 is 6.08 Å². The number of isocyanates is 1. The Bertz CT molecular complexity index is 550. The standard InChI is InChI=1S/C12H10N2O3/c1-17-10-5-9(4-8(6-13)11(10)16)12(2-3-12)14-7-15/h4-5,16H,2-3H2,1H3. The first-order chi connectivity index (χ1) is 8.16. The highest BCUT2D eigenvalue weighted by Gasteiger charge is 2.45. The van der Waals surface area contributed by atoms with E-state index in [2.05, 4.69) is 4.99 Å². The lowest BCUT2D eigenvalue weighted by molar-refractivity contribution is 0.371. The molecule has 5 nitrogen and oxygen atoms in total. The van der Waals surface area contributed by atoms with Gasteiger partial charge in [0.1, 0.15) is 6.07 Å². The van der Waals surface area contributed by atoms with Gasteiger partial charge in [0.25, 0.3) is 0 Å². The van der Waals surface area contributed by atoms with Crippen molar-refractivity contribution in [2.75, 3.05) is 7.11 Å². The first kappa shape index (κ1) is 11.2. The van der Waals surface area contributed by atoms with E-state index in [1.165, 1.54) is 13.2 Å². The highest BCUT2D eigenvalue weighted by molar-refractivity contribution is 5.56. The maximum absolute atomic E-state index is 10.4. The Labute approximate surface area is 98.0 Å². The smallest absolute Gasteiger partial charge is 0.235 e. The predicted octanol–water partition coefficient (Wildman–Crippen LogP) is 1.60. The summed E-state index contributed by atoms with van der Waals surface area (Å²) in [5, 5.41) is 18.6. The molecular weight excluding hydrogens is 220 g/mol. The molecule has 0 saturated heterocycles. The van der Waals surface area contributed by atoms with Crippen LogP contribution in [0, 0.1) is 11.3 Å². The van der Waals surface area contributed by atoms with Crippen LogP contribution in [0.25, 0.3) is 0 Å². The van der Waals surface area contributed by atoms with Gasteiger partial charge >= 0.3 is 0 Å². The highest BCUT2D eigenvalue weighted by atomic mass is 16.5. The van der Waals surface area contributed by atoms with Crippen molar-refractivity contribution in [1.82, 2.24) is 0 Å². The van der Waals surface area contributed by atoms with E-state index in [9.17, 15) is 9.90 Å². The maximum Gasteiger partial charge on any atom is 0.235 e. The summed E-state index contributed by atoms with van der Waals surface area (Å²) in [5.41, 5.74) is 0.243. The molecule has 0 aliphatic heterocycles. The van der Waals surface area contributed by atoms with Gasteiger partial charge in [-0.15, -0.1) is 0 Å². The van der Waals surface area contributed by atoms with Gasteiger partial charge in [-0.3, -0.25) is 0 Å². The van der Waals surface area contributed by atoms with Gasteiger partial charge in [0, 0.05) is 0 Å². The monoisotopic (exact) mass is 230 g/mol. The topological polar surface area (TPSA) is 82.7 Å². The Morgan fingerprint density at radius 1 is 1.53 bits per heavy atom. The van der Waals surface area contributed by atoms with Gasteiger partial charge in [0.05, 0.1) is 18.2 Å². The third kappa shape index (κ3) is 1.75. The Hall–Kier alpha value is -2.31. The first-order valence-corrected chi connectivity index (χ1v) is 5.07. The van der Waals surface area contributed by atoms with Gasteiger partial charge in [-0.1, -0.05) is 0 Å². The zero-order valence-corrected chi connectivity index (χ0v) is 9.23. The van der Waals surface area contributed by atoms with Crippen molar-refractivity contribution in [3.8, 4) is 17.6 Å². The number of rotatable bonds is 3. The third-order valence-electron chi connectivity index (χ3n) is 2.94. The van der Waals surface area contributed by atoms with E-state index < -0.39 is 5.54 Å². The molecule has 0 radical (unpaired) electrons. The van der Waals surface area contributed by atoms with Crippen molar-refractivity contribution in [1.29, 1.82) is 5.26 Å². The molecule has 1 fully saturated rings. The molecule has 5 heteroatoms. The summed E-state index contributed by atoms with van der Waals surface area (Å²) in [6.07, 6.45) is 3.02. The van der Waals surface area contributed by atoms with Crippen molar-refractivity contribution in [2.24, 2.45) is 4.99 Å². The lowest BCUT2D eigenvalue weighted by Crippen LogP contribution is -2.03. The molecule has 0 aromatic heterocycles. The van der Waals surface area contributed by atoms with Gasteiger partial charge in [-0.25, -0.2) is 4.79 Å². The number of aliphatic imine (C=N–C) groups is 1. The number of carbonyl (C=O) groups excluding carboxylic acids is 1. The number of ether oxygens (including phenoxy) is 1. The van der Waals surface area contributed by atoms with Crippen molar-refractivity contribution in [2.45, 2.75) is 18.4 Å². The number of nitrogens with zero attached hydrogens (tertiary/aromatic N) is 2. The minimum Gasteiger partial charge on any atom is -0.503 e. The van der Waals surface area contributed by atoms with Gasteiger partial charge in [0.2, 0.25) is 6.08 Å². The maximum atomic E-state index is 10.4. The molecule has 1 aliphatic rings. The predicted molar refractivity (Wildman–Crippen MR) is 58.4 cm³/mol. The zero-order valence-electron chi connectivity index (χ0n) is 9.23. The zero-order chi connectivity index (χ0) is 12.5. The lowest BCUT2D eigenvalue weighted by atomic mass is 10.0. The largest absolute Gasteiger partial charge is 0.503 e. The summed E-state index contributed by atoms with van der Waals surface area (Å²) in [4.78, 5) is 14.1. The van der Waals surface area contributed by atoms with Crippen LogP contribution in [0.1, 0.15) is 24.0 Å². The van der Waals surface area contributed by atoms with Crippen LogP contribution in [0.15, 0.2) is 17.1 Å². The number of hydrogen-bond donors (Lipinski definition) is 1. The minimum absolute atomic E-state index is 0.117. The SMILES string of the molecule is COc1cc(C2(N=C=O)CC2)cc(C#N)c1O. The fourth-order valence-corrected chi connectivity index (χ4v) is 1.79. The van der Waals surface area contributed by atoms with Gasteiger partial charge < -0.3 is 9.84 Å². The van der Waals surface area contributed by atoms with Gasteiger partial charge in [-0.05, 0) is 30.5 Å². The Balaban J connectivity index is 2.57. The van der Waals surface area contributed by atoms with Crippen LogP contribution >= 0.6 is 0 Å². The fraction of sp³-hybridized carbons (Fsp3) is 0.333. The number of hydrogen-bond acceptors (Lipinski definition) is 5. The summed E-state index contributed by atoms with van der Waals surface area (Å²) in [6, 6.07) is 5.02. The van der Waals surface area contributed by atoms with Crippen LogP contribution in [-0.4, -0.2) is 18.3 Å². The second-order valence-corrected chi connectivity index (χ2v) is 3.92. The summed E-state index contributed by atoms with van der Waals surface area (Å²) in [6.45, 7) is 0. The molecule has 0 atom stereocenters. The van der Waals surface area contributed by atoms with E-state index in [1.54, 1.807) is 12.1 Å². The Morgan fingerprint density at radius 3 is 2.71 bits per heavy atom. The van der Waals surface area contributed by atoms with Gasteiger partial charge in [-0.2, -0.15) is 10.3 Å². The molecule has 0 bridgehead atoms. The molecule has 0 amide bonds. The van der Waals surface area contributed by atoms with E-state index in [0.717, 1.165) is 12.8 Å². The average molecular weight is 230 g/mol. The number of aromatic hydroxyl groups is 1. The number of methoxy groups -OCH3 is 1. The van der Waals surface area contributed by atoms with Crippen molar-refractivity contribution in [3.05, 3.63) is 23.3 Å². The highest BCUT2D eigenvalue weighted by Crippen LogP contribution is 2.51. The molecule has 1 aliphatic carbocycles. The van der Waals surface area contributed by atoms with Crippen molar-refractivity contribution < 1.29 is 14.6 Å². The summed E-state index contributed by atoms with van der Waals surface area (Å²) >= 11 is 0. The molecule has 1 aromatic rings. The Kier molecular flexibility index (Phi) is 2.58. The quantitative estimate of drug-likeness (QED) is 0.631. The third-order valence-corrected chi connectivity index (χ3v) is 2.94. The van der Waals surface area contributed by atoms with E-state index >= 15 is 0 Å². The van der Waals surface area contributed by atoms with Crippen molar-refractivity contribution in [3.63, 3.8) is 0 Å². The molecule has 0 unspecified atom stereocenters. The number of phenolic OH excluding ortho intramolecular Hbond substituents is 1. The molecule has 0 heterocycles. The van der Waals surface area contributed by atoms with Crippen LogP contribution in [-0.2, 0) is 10.3 Å². The summed E-state index contributed by atoms with van der Waals surface area (Å²) < 4.78 is 4.99. The summed E-state index contributed by atoms with van der Waals surface area (Å²) in [5.74, 6) is 0.0241. The molecule has 1 aromatic carbocycles. The second kappa shape index (κ2) is 3.93. The number of nitriles is 1. The first-order valence-electron chi connectivity index (χ1n) is 5.07. The molecular formula is C12H10N2O3. The van der Waals surface area contributed by atoms with E-state index in [-0.39, 0.29) is 17.1 Å². The minimum atomic E-state index is -0.575. The van der Waals surface area contributed by atoms with E-state index in [4.69, 9.17) is 10.00 Å². The fourth-order valence-electron chi connectivity index (χ4n) is 1.79. The molecule has 17 heavy (non-hydrogen) atoms. The number of phenols is 1. The number of benzene rings is 1. The van der Waals surface area contributed by atoms with Crippen LogP contribution in [0.3, 0.4) is 0 Å². The second-order valence-electron chi connectivity index (χ2n) is 3.92. The van der Waals surface area contributed by atoms with Gasteiger partial charge in [0.15, 0.2) is 11.5 Å². The van der Waals surface area contributed by atoms with Crippen LogP contribution in [0.4, 0.5) is 0 Å². The van der Waals surface area contributed by atoms with Crippen LogP contribution in [0.5, 0.6) is 11.5 Å². The van der Waals surface area contributed by atoms with Crippen LogP contribution < -0.4 is 4.74 Å². The molecule has 86 valence electrons.